The Morgan fingerprint density at radius 3 is 2.55 bits per heavy atom. The zero-order valence-corrected chi connectivity index (χ0v) is 11.1. The van der Waals surface area contributed by atoms with Crippen molar-refractivity contribution in [2.45, 2.75) is 25.3 Å². The van der Waals surface area contributed by atoms with Gasteiger partial charge >= 0.3 is 5.97 Å². The Morgan fingerprint density at radius 2 is 1.80 bits per heavy atom. The molecule has 4 heteroatoms. The average Bonchev–Trinajstić information content (AvgIpc) is 2.45. The smallest absolute Gasteiger partial charge is 0.320 e. The zero-order valence-electron chi connectivity index (χ0n) is 11.1. The van der Waals surface area contributed by atoms with Gasteiger partial charge in [-0.25, -0.2) is 0 Å². The number of hydrogen-bond acceptors (Lipinski definition) is 3. The fourth-order valence-corrected chi connectivity index (χ4v) is 2.19. The van der Waals surface area contributed by atoms with Gasteiger partial charge in [0.2, 0.25) is 0 Å². The van der Waals surface area contributed by atoms with E-state index in [2.05, 4.69) is 0 Å². The Hall–Kier alpha value is -2.20. The minimum atomic E-state index is -1.07. The van der Waals surface area contributed by atoms with E-state index in [1.807, 2.05) is 42.5 Å². The molecule has 20 heavy (non-hydrogen) atoms. The molecule has 1 atom stereocenters. The number of benzene rings is 2. The van der Waals surface area contributed by atoms with E-state index in [-0.39, 0.29) is 18.6 Å². The van der Waals surface area contributed by atoms with E-state index in [1.165, 1.54) is 0 Å². The van der Waals surface area contributed by atoms with Crippen LogP contribution in [-0.4, -0.2) is 22.9 Å². The van der Waals surface area contributed by atoms with Gasteiger partial charge in [-0.3, -0.25) is 9.59 Å². The van der Waals surface area contributed by atoms with Crippen LogP contribution < -0.4 is 5.73 Å². The van der Waals surface area contributed by atoms with Crippen molar-refractivity contribution in [2.24, 2.45) is 5.73 Å². The largest absolute Gasteiger partial charge is 0.480 e. The molecule has 4 nitrogen and oxygen atoms in total. The SMILES string of the molecule is NC(CCC(=O)Cc1cccc2ccccc12)C(=O)O. The Bertz CT molecular complexity index is 631. The number of rotatable bonds is 6. The van der Waals surface area contributed by atoms with Crippen LogP contribution in [0.4, 0.5) is 0 Å². The van der Waals surface area contributed by atoms with E-state index >= 15 is 0 Å². The highest BCUT2D eigenvalue weighted by Gasteiger charge is 2.14. The van der Waals surface area contributed by atoms with Crippen molar-refractivity contribution in [3.63, 3.8) is 0 Å². The molecule has 0 radical (unpaired) electrons. The van der Waals surface area contributed by atoms with E-state index < -0.39 is 12.0 Å². The number of carboxylic acids is 1. The molecule has 0 aliphatic carbocycles. The number of aliphatic carboxylic acids is 1. The highest BCUT2D eigenvalue weighted by atomic mass is 16.4. The van der Waals surface area contributed by atoms with E-state index in [4.69, 9.17) is 10.8 Å². The summed E-state index contributed by atoms with van der Waals surface area (Å²) >= 11 is 0. The summed E-state index contributed by atoms with van der Waals surface area (Å²) < 4.78 is 0. The Kier molecular flexibility index (Phi) is 4.48. The van der Waals surface area contributed by atoms with Gasteiger partial charge in [0.15, 0.2) is 0 Å². The van der Waals surface area contributed by atoms with Crippen molar-refractivity contribution in [1.29, 1.82) is 0 Å². The molecule has 0 saturated carbocycles. The van der Waals surface area contributed by atoms with Crippen molar-refractivity contribution in [1.82, 2.24) is 0 Å². The molecule has 0 spiro atoms. The minimum absolute atomic E-state index is 0.0121. The molecule has 0 heterocycles. The minimum Gasteiger partial charge on any atom is -0.480 e. The van der Waals surface area contributed by atoms with Gasteiger partial charge < -0.3 is 10.8 Å². The summed E-state index contributed by atoms with van der Waals surface area (Å²) in [4.78, 5) is 22.5. The van der Waals surface area contributed by atoms with Crippen molar-refractivity contribution < 1.29 is 14.7 Å². The van der Waals surface area contributed by atoms with Crippen molar-refractivity contribution in [2.75, 3.05) is 0 Å². The second-order valence-corrected chi connectivity index (χ2v) is 4.84. The topological polar surface area (TPSA) is 80.4 Å². The van der Waals surface area contributed by atoms with Gasteiger partial charge in [-0.1, -0.05) is 42.5 Å². The molecule has 2 aromatic carbocycles. The molecule has 2 rings (SSSR count). The quantitative estimate of drug-likeness (QED) is 0.843. The summed E-state index contributed by atoms with van der Waals surface area (Å²) in [6.07, 6.45) is 0.684. The van der Waals surface area contributed by atoms with Crippen LogP contribution in [0.3, 0.4) is 0 Å². The van der Waals surface area contributed by atoms with Gasteiger partial charge in [-0.2, -0.15) is 0 Å². The van der Waals surface area contributed by atoms with Crippen LogP contribution in [0.15, 0.2) is 42.5 Å². The van der Waals surface area contributed by atoms with Gasteiger partial charge in [0.25, 0.3) is 0 Å². The number of carbonyl (C=O) groups excluding carboxylic acids is 1. The first-order valence-corrected chi connectivity index (χ1v) is 6.54. The van der Waals surface area contributed by atoms with Crippen LogP contribution in [0.1, 0.15) is 18.4 Å². The summed E-state index contributed by atoms with van der Waals surface area (Å²) in [7, 11) is 0. The molecule has 0 amide bonds. The fourth-order valence-electron chi connectivity index (χ4n) is 2.19. The van der Waals surface area contributed by atoms with Crippen molar-refractivity contribution in [3.8, 4) is 0 Å². The van der Waals surface area contributed by atoms with Crippen LogP contribution in [-0.2, 0) is 16.0 Å². The molecule has 0 saturated heterocycles. The van der Waals surface area contributed by atoms with Gasteiger partial charge in [0.05, 0.1) is 0 Å². The molecule has 1 unspecified atom stereocenters. The molecule has 3 N–H and O–H groups in total. The third-order valence-electron chi connectivity index (χ3n) is 3.32. The second kappa shape index (κ2) is 6.30. The standard InChI is InChI=1S/C16H17NO3/c17-15(16(19)20)9-8-13(18)10-12-6-3-5-11-4-1-2-7-14(11)12/h1-7,15H,8-10,17H2,(H,19,20). The lowest BCUT2D eigenvalue weighted by molar-refractivity contribution is -0.138. The third-order valence-corrected chi connectivity index (χ3v) is 3.32. The molecular weight excluding hydrogens is 254 g/mol. The zero-order chi connectivity index (χ0) is 14.5. The third kappa shape index (κ3) is 3.42. The lowest BCUT2D eigenvalue weighted by atomic mass is 9.98. The van der Waals surface area contributed by atoms with Crippen LogP contribution in [0.25, 0.3) is 10.8 Å². The number of carboxylic acid groups (broad SMARTS) is 1. The summed E-state index contributed by atoms with van der Waals surface area (Å²) in [5, 5.41) is 10.8. The van der Waals surface area contributed by atoms with Crippen LogP contribution in [0.5, 0.6) is 0 Å². The molecule has 0 aromatic heterocycles. The van der Waals surface area contributed by atoms with Gasteiger partial charge in [0, 0.05) is 12.8 Å². The highest BCUT2D eigenvalue weighted by molar-refractivity contribution is 5.91. The van der Waals surface area contributed by atoms with Crippen LogP contribution in [0.2, 0.25) is 0 Å². The molecule has 0 fully saturated rings. The Labute approximate surface area is 117 Å². The Balaban J connectivity index is 2.05. The number of fused-ring (bicyclic) bond motifs is 1. The summed E-state index contributed by atoms with van der Waals surface area (Å²) in [5.41, 5.74) is 6.37. The van der Waals surface area contributed by atoms with Crippen LogP contribution in [0, 0.1) is 0 Å². The Morgan fingerprint density at radius 1 is 1.10 bits per heavy atom. The number of carbonyl (C=O) groups is 2. The normalized spacial score (nSPS) is 12.2. The molecule has 2 aromatic rings. The molecule has 0 bridgehead atoms. The summed E-state index contributed by atoms with van der Waals surface area (Å²) in [6, 6.07) is 12.8. The predicted octanol–water partition coefficient (Wildman–Crippen LogP) is 2.14. The van der Waals surface area contributed by atoms with Crippen molar-refractivity contribution >= 4 is 22.5 Å². The summed E-state index contributed by atoms with van der Waals surface area (Å²) in [5.74, 6) is -1.05. The lowest BCUT2D eigenvalue weighted by Crippen LogP contribution is -2.30. The first-order chi connectivity index (χ1) is 9.58. The van der Waals surface area contributed by atoms with Crippen molar-refractivity contribution in [3.05, 3.63) is 48.0 Å². The van der Waals surface area contributed by atoms with E-state index in [1.54, 1.807) is 0 Å². The van der Waals surface area contributed by atoms with Gasteiger partial charge in [0.1, 0.15) is 11.8 Å². The molecular formula is C16H17NO3. The first kappa shape index (κ1) is 14.2. The molecule has 0 aliphatic heterocycles. The number of hydrogen-bond donors (Lipinski definition) is 2. The van der Waals surface area contributed by atoms with E-state index in [0.717, 1.165) is 16.3 Å². The summed E-state index contributed by atoms with van der Waals surface area (Å²) in [6.45, 7) is 0. The average molecular weight is 271 g/mol. The maximum atomic E-state index is 11.9. The number of nitrogens with two attached hydrogens (primary N) is 1. The van der Waals surface area contributed by atoms with Crippen LogP contribution >= 0.6 is 0 Å². The number of ketones is 1. The fraction of sp³-hybridized carbons (Fsp3) is 0.250. The van der Waals surface area contributed by atoms with E-state index in [9.17, 15) is 9.59 Å². The predicted molar refractivity (Wildman–Crippen MR) is 77.5 cm³/mol. The second-order valence-electron chi connectivity index (χ2n) is 4.84. The maximum absolute atomic E-state index is 11.9. The number of Topliss-reactive ketones (excluding diaryl/α,β-unsaturated/α-hetero) is 1. The lowest BCUT2D eigenvalue weighted by Gasteiger charge is -2.07. The molecule has 0 aliphatic rings. The maximum Gasteiger partial charge on any atom is 0.320 e. The molecule has 104 valence electrons. The van der Waals surface area contributed by atoms with E-state index in [0.29, 0.717) is 6.42 Å². The van der Waals surface area contributed by atoms with Gasteiger partial charge in [-0.05, 0) is 22.8 Å². The van der Waals surface area contributed by atoms with Gasteiger partial charge in [-0.15, -0.1) is 0 Å². The monoisotopic (exact) mass is 271 g/mol. The first-order valence-electron chi connectivity index (χ1n) is 6.54. The highest BCUT2D eigenvalue weighted by Crippen LogP contribution is 2.19.